The van der Waals surface area contributed by atoms with Crippen molar-refractivity contribution in [2.75, 3.05) is 13.2 Å². The van der Waals surface area contributed by atoms with Gasteiger partial charge >= 0.3 is 5.97 Å². The molecule has 0 amide bonds. The molecule has 0 aromatic heterocycles. The predicted octanol–water partition coefficient (Wildman–Crippen LogP) is 2.06. The van der Waals surface area contributed by atoms with Crippen molar-refractivity contribution in [1.82, 2.24) is 0 Å². The van der Waals surface area contributed by atoms with E-state index in [0.29, 0.717) is 5.92 Å². The van der Waals surface area contributed by atoms with E-state index < -0.39 is 11.4 Å². The molecule has 1 N–H and O–H groups in total. The second-order valence-electron chi connectivity index (χ2n) is 4.73. The molecule has 3 nitrogen and oxygen atoms in total. The van der Waals surface area contributed by atoms with Crippen LogP contribution in [0.3, 0.4) is 0 Å². The van der Waals surface area contributed by atoms with Gasteiger partial charge in [-0.25, -0.2) is 0 Å². The highest BCUT2D eigenvalue weighted by molar-refractivity contribution is 5.75. The van der Waals surface area contributed by atoms with Gasteiger partial charge in [0.1, 0.15) is 0 Å². The zero-order chi connectivity index (χ0) is 10.0. The zero-order valence-corrected chi connectivity index (χ0v) is 8.50. The molecule has 3 heteroatoms. The first kappa shape index (κ1) is 9.97. The topological polar surface area (TPSA) is 46.5 Å². The van der Waals surface area contributed by atoms with E-state index in [9.17, 15) is 9.90 Å². The number of carbonyl (C=O) groups is 1. The summed E-state index contributed by atoms with van der Waals surface area (Å²) in [4.78, 5) is 11.3. The average Bonchev–Trinajstić information content (AvgIpc) is 2.76. The van der Waals surface area contributed by atoms with E-state index >= 15 is 0 Å². The van der Waals surface area contributed by atoms with Crippen LogP contribution in [0.25, 0.3) is 0 Å². The van der Waals surface area contributed by atoms with E-state index in [1.807, 2.05) is 0 Å². The highest BCUT2D eigenvalue weighted by Gasteiger charge is 2.43. The van der Waals surface area contributed by atoms with Crippen LogP contribution in [0.1, 0.15) is 38.5 Å². The third-order valence-corrected chi connectivity index (χ3v) is 3.72. The molecular weight excluding hydrogens is 180 g/mol. The molecule has 0 aromatic rings. The van der Waals surface area contributed by atoms with E-state index in [4.69, 9.17) is 4.74 Å². The third-order valence-electron chi connectivity index (χ3n) is 3.72. The van der Waals surface area contributed by atoms with Crippen LogP contribution in [0.2, 0.25) is 0 Å². The molecule has 1 heterocycles. The van der Waals surface area contributed by atoms with Crippen molar-refractivity contribution in [3.63, 3.8) is 0 Å². The minimum Gasteiger partial charge on any atom is -0.481 e. The molecule has 0 aromatic carbocycles. The quantitative estimate of drug-likeness (QED) is 0.755. The van der Waals surface area contributed by atoms with Crippen LogP contribution in [0.4, 0.5) is 0 Å². The monoisotopic (exact) mass is 198 g/mol. The Hall–Kier alpha value is -0.570. The van der Waals surface area contributed by atoms with E-state index in [0.717, 1.165) is 51.7 Å². The van der Waals surface area contributed by atoms with Gasteiger partial charge in [0.05, 0.1) is 5.41 Å². The average molecular weight is 198 g/mol. The first-order valence-electron chi connectivity index (χ1n) is 5.54. The van der Waals surface area contributed by atoms with Crippen LogP contribution in [0.15, 0.2) is 0 Å². The summed E-state index contributed by atoms with van der Waals surface area (Å²) in [5, 5.41) is 9.28. The van der Waals surface area contributed by atoms with Crippen molar-refractivity contribution < 1.29 is 14.6 Å². The zero-order valence-electron chi connectivity index (χ0n) is 8.50. The lowest BCUT2D eigenvalue weighted by atomic mass is 9.77. The van der Waals surface area contributed by atoms with E-state index in [1.165, 1.54) is 0 Å². The summed E-state index contributed by atoms with van der Waals surface area (Å²) in [7, 11) is 0. The van der Waals surface area contributed by atoms with Crippen molar-refractivity contribution in [3.05, 3.63) is 0 Å². The van der Waals surface area contributed by atoms with Crippen molar-refractivity contribution >= 4 is 5.97 Å². The Morgan fingerprint density at radius 2 is 2.14 bits per heavy atom. The number of ether oxygens (including phenoxy) is 1. The maximum Gasteiger partial charge on any atom is 0.309 e. The number of hydrogen-bond acceptors (Lipinski definition) is 2. The van der Waals surface area contributed by atoms with Gasteiger partial charge in [-0.3, -0.25) is 4.79 Å². The molecule has 0 radical (unpaired) electrons. The number of rotatable bonds is 3. The second kappa shape index (κ2) is 3.89. The number of aliphatic carboxylic acids is 1. The standard InChI is InChI=1S/C11H18O3/c12-10(13)11(4-1-2-5-11)7-9-3-6-14-8-9/h9H,1-8H2,(H,12,13). The molecular formula is C11H18O3. The molecule has 2 aliphatic rings. The normalized spacial score (nSPS) is 30.7. The first-order chi connectivity index (χ1) is 6.73. The highest BCUT2D eigenvalue weighted by atomic mass is 16.5. The van der Waals surface area contributed by atoms with Crippen LogP contribution in [-0.2, 0) is 9.53 Å². The van der Waals surface area contributed by atoms with Crippen LogP contribution >= 0.6 is 0 Å². The summed E-state index contributed by atoms with van der Waals surface area (Å²) in [5.41, 5.74) is -0.404. The molecule has 0 spiro atoms. The number of carboxylic acids is 1. The van der Waals surface area contributed by atoms with Gasteiger partial charge in [0, 0.05) is 13.2 Å². The van der Waals surface area contributed by atoms with Gasteiger partial charge in [-0.15, -0.1) is 0 Å². The Kier molecular flexibility index (Phi) is 2.77. The van der Waals surface area contributed by atoms with Crippen molar-refractivity contribution in [3.8, 4) is 0 Å². The fraction of sp³-hybridized carbons (Fsp3) is 0.909. The largest absolute Gasteiger partial charge is 0.481 e. The van der Waals surface area contributed by atoms with Gasteiger partial charge in [-0.2, -0.15) is 0 Å². The van der Waals surface area contributed by atoms with Gasteiger partial charge in [0.2, 0.25) is 0 Å². The fourth-order valence-corrected chi connectivity index (χ4v) is 2.85. The van der Waals surface area contributed by atoms with Gasteiger partial charge in [-0.05, 0) is 31.6 Å². The first-order valence-corrected chi connectivity index (χ1v) is 5.54. The van der Waals surface area contributed by atoms with Crippen LogP contribution in [0.5, 0.6) is 0 Å². The maximum atomic E-state index is 11.3. The SMILES string of the molecule is O=C(O)C1(CC2CCOC2)CCCC1. The third kappa shape index (κ3) is 1.78. The molecule has 80 valence electrons. The summed E-state index contributed by atoms with van der Waals surface area (Å²) >= 11 is 0. The van der Waals surface area contributed by atoms with Gasteiger partial charge in [0.25, 0.3) is 0 Å². The lowest BCUT2D eigenvalue weighted by Crippen LogP contribution is -2.30. The van der Waals surface area contributed by atoms with Gasteiger partial charge < -0.3 is 9.84 Å². The van der Waals surface area contributed by atoms with E-state index in [2.05, 4.69) is 0 Å². The van der Waals surface area contributed by atoms with Gasteiger partial charge in [0.15, 0.2) is 0 Å². The summed E-state index contributed by atoms with van der Waals surface area (Å²) < 4.78 is 5.30. The lowest BCUT2D eigenvalue weighted by molar-refractivity contribution is -0.149. The molecule has 14 heavy (non-hydrogen) atoms. The van der Waals surface area contributed by atoms with Crippen LogP contribution in [-0.4, -0.2) is 24.3 Å². The smallest absolute Gasteiger partial charge is 0.309 e. The van der Waals surface area contributed by atoms with Crippen LogP contribution < -0.4 is 0 Å². The maximum absolute atomic E-state index is 11.3. The minimum atomic E-state index is -0.582. The Labute approximate surface area is 84.4 Å². The van der Waals surface area contributed by atoms with E-state index in [-0.39, 0.29) is 0 Å². The Balaban J connectivity index is 1.99. The molecule has 1 atom stereocenters. The predicted molar refractivity (Wildman–Crippen MR) is 52.1 cm³/mol. The minimum absolute atomic E-state index is 0.404. The molecule has 0 bridgehead atoms. The summed E-state index contributed by atoms with van der Waals surface area (Å²) in [6.07, 6.45) is 5.80. The molecule has 1 saturated heterocycles. The van der Waals surface area contributed by atoms with Crippen molar-refractivity contribution in [2.45, 2.75) is 38.5 Å². The molecule has 2 rings (SSSR count). The Morgan fingerprint density at radius 1 is 1.43 bits per heavy atom. The molecule has 1 aliphatic heterocycles. The Morgan fingerprint density at radius 3 is 2.64 bits per heavy atom. The highest BCUT2D eigenvalue weighted by Crippen LogP contribution is 2.44. The fourth-order valence-electron chi connectivity index (χ4n) is 2.85. The number of carboxylic acid groups (broad SMARTS) is 1. The second-order valence-corrected chi connectivity index (χ2v) is 4.73. The van der Waals surface area contributed by atoms with Crippen molar-refractivity contribution in [2.24, 2.45) is 11.3 Å². The van der Waals surface area contributed by atoms with E-state index in [1.54, 1.807) is 0 Å². The molecule has 1 unspecified atom stereocenters. The summed E-state index contributed by atoms with van der Waals surface area (Å²) in [5.74, 6) is -0.0916. The van der Waals surface area contributed by atoms with Crippen LogP contribution in [0, 0.1) is 11.3 Å². The Bertz CT molecular complexity index is 213. The number of hydrogen-bond donors (Lipinski definition) is 1. The molecule has 1 saturated carbocycles. The summed E-state index contributed by atoms with van der Waals surface area (Å²) in [6, 6.07) is 0. The summed E-state index contributed by atoms with van der Waals surface area (Å²) in [6.45, 7) is 1.59. The van der Waals surface area contributed by atoms with Crippen molar-refractivity contribution in [1.29, 1.82) is 0 Å². The van der Waals surface area contributed by atoms with Gasteiger partial charge in [-0.1, -0.05) is 12.8 Å². The lowest BCUT2D eigenvalue weighted by Gasteiger charge is -2.26. The molecule has 2 fully saturated rings. The molecule has 1 aliphatic carbocycles.